The summed E-state index contributed by atoms with van der Waals surface area (Å²) in [5.41, 5.74) is -0.191. The summed E-state index contributed by atoms with van der Waals surface area (Å²) < 4.78 is 21.5. The van der Waals surface area contributed by atoms with E-state index in [1.165, 1.54) is 18.5 Å². The minimum Gasteiger partial charge on any atom is -0.495 e. The van der Waals surface area contributed by atoms with E-state index in [4.69, 9.17) is 9.47 Å². The van der Waals surface area contributed by atoms with Crippen molar-refractivity contribution in [2.75, 3.05) is 13.2 Å². The van der Waals surface area contributed by atoms with Gasteiger partial charge in [0.1, 0.15) is 34.7 Å². The van der Waals surface area contributed by atoms with Gasteiger partial charge in [-0.25, -0.2) is 47.0 Å². The molecule has 0 N–H and O–H groups in total. The molecule has 5 aromatic rings. The zero-order valence-electron chi connectivity index (χ0n) is 26.1. The molecule has 12 heteroatoms. The number of para-hydroxylation sites is 2. The first kappa shape index (κ1) is 27.0. The summed E-state index contributed by atoms with van der Waals surface area (Å²) in [5, 5.41) is 0. The molecule has 9 bridgehead atoms. The summed E-state index contributed by atoms with van der Waals surface area (Å²) in [5.74, 6) is 1.21. The maximum atomic E-state index is 14.5. The van der Waals surface area contributed by atoms with Crippen molar-refractivity contribution < 1.29 is 9.47 Å². The molecule has 4 atom stereocenters. The van der Waals surface area contributed by atoms with E-state index in [9.17, 15) is 19.2 Å². The lowest BCUT2D eigenvalue weighted by molar-refractivity contribution is 0.138. The van der Waals surface area contributed by atoms with Gasteiger partial charge in [-0.3, -0.25) is 0 Å². The number of hydrogen-bond donors (Lipinski definition) is 0. The Bertz CT molecular complexity index is 2470. The Morgan fingerprint density at radius 3 is 1.39 bits per heavy atom. The van der Waals surface area contributed by atoms with Gasteiger partial charge in [-0.2, -0.15) is 0 Å². The van der Waals surface area contributed by atoms with E-state index < -0.39 is 45.9 Å². The van der Waals surface area contributed by atoms with Crippen molar-refractivity contribution in [3.8, 4) is 11.4 Å². The summed E-state index contributed by atoms with van der Waals surface area (Å²) in [6.07, 6.45) is 10.1. The smallest absolute Gasteiger partial charge is 0.353 e. The van der Waals surface area contributed by atoms with Gasteiger partial charge in [-0.1, -0.05) is 48.5 Å². The number of fused-ring (bicyclic) bond motifs is 6. The number of rotatable bonds is 2. The minimum atomic E-state index is -1.24. The molecule has 3 aromatic carbocycles. The number of aromatic nitrogens is 6. The van der Waals surface area contributed by atoms with Crippen LogP contribution in [0.15, 0.2) is 128 Å². The summed E-state index contributed by atoms with van der Waals surface area (Å²) in [6.45, 7) is 0.881. The minimum absolute atomic E-state index is 0.440. The number of nitrogens with zero attached hydrogens (tertiary/aromatic N) is 6. The van der Waals surface area contributed by atoms with Gasteiger partial charge in [0.25, 0.3) is 0 Å². The van der Waals surface area contributed by atoms with E-state index in [1.807, 2.05) is 48.6 Å². The molecular formula is C37H28N6O6. The zero-order valence-corrected chi connectivity index (χ0v) is 26.1. The third kappa shape index (κ3) is 2.98. The molecule has 9 aliphatic rings. The van der Waals surface area contributed by atoms with Gasteiger partial charge >= 0.3 is 22.8 Å². The highest BCUT2D eigenvalue weighted by molar-refractivity contribution is 5.68. The zero-order chi connectivity index (χ0) is 32.8. The first-order chi connectivity index (χ1) is 24.0. The highest BCUT2D eigenvalue weighted by atomic mass is 16.5. The van der Waals surface area contributed by atoms with Gasteiger partial charge in [-0.15, -0.1) is 0 Å². The molecule has 0 saturated heterocycles. The fraction of sp³-hybridized carbons (Fsp3) is 0.243. The first-order valence-corrected chi connectivity index (χ1v) is 16.6. The molecular weight excluding hydrogens is 624 g/mol. The lowest BCUT2D eigenvalue weighted by Gasteiger charge is -2.54. The lowest BCUT2D eigenvalue weighted by atomic mass is 9.62. The molecule has 2 spiro atoms. The molecule has 0 unspecified atom stereocenters. The molecule has 12 nitrogen and oxygen atoms in total. The van der Waals surface area contributed by atoms with Crippen LogP contribution in [0.3, 0.4) is 0 Å². The molecule has 0 saturated carbocycles. The van der Waals surface area contributed by atoms with E-state index >= 15 is 0 Å². The molecule has 49 heavy (non-hydrogen) atoms. The summed E-state index contributed by atoms with van der Waals surface area (Å²) in [4.78, 5) is 57.8. The monoisotopic (exact) mass is 652 g/mol. The van der Waals surface area contributed by atoms with Gasteiger partial charge in [0.15, 0.2) is 0 Å². The molecule has 3 aliphatic carbocycles. The van der Waals surface area contributed by atoms with Crippen LogP contribution in [-0.2, 0) is 20.6 Å². The van der Waals surface area contributed by atoms with Gasteiger partial charge in [0.2, 0.25) is 0 Å². The van der Waals surface area contributed by atoms with Crippen LogP contribution < -0.4 is 22.8 Å². The Morgan fingerprint density at radius 1 is 0.531 bits per heavy atom. The second-order valence-electron chi connectivity index (χ2n) is 13.4. The third-order valence-electron chi connectivity index (χ3n) is 11.0. The fourth-order valence-corrected chi connectivity index (χ4v) is 9.13. The van der Waals surface area contributed by atoms with Gasteiger partial charge in [0, 0.05) is 11.1 Å². The normalized spacial score (nSPS) is 26.1. The lowest BCUT2D eigenvalue weighted by Crippen LogP contribution is -2.60. The second-order valence-corrected chi connectivity index (χ2v) is 13.4. The van der Waals surface area contributed by atoms with Crippen LogP contribution in [-0.4, -0.2) is 41.1 Å². The van der Waals surface area contributed by atoms with Crippen LogP contribution >= 0.6 is 0 Å². The number of hydrogen-bond acceptors (Lipinski definition) is 6. The third-order valence-corrected chi connectivity index (χ3v) is 11.0. The van der Waals surface area contributed by atoms with Crippen molar-refractivity contribution in [2.45, 2.75) is 42.4 Å². The molecule has 0 amide bonds. The quantitative estimate of drug-likeness (QED) is 0.271. The maximum Gasteiger partial charge on any atom is 0.353 e. The Labute approximate surface area is 276 Å². The van der Waals surface area contributed by atoms with E-state index in [1.54, 1.807) is 57.9 Å². The van der Waals surface area contributed by atoms with Crippen molar-refractivity contribution in [2.24, 2.45) is 0 Å². The van der Waals surface area contributed by atoms with Crippen molar-refractivity contribution in [3.63, 3.8) is 0 Å². The van der Waals surface area contributed by atoms with Crippen LogP contribution in [0.1, 0.15) is 53.6 Å². The van der Waals surface area contributed by atoms with Crippen molar-refractivity contribution in [1.29, 1.82) is 0 Å². The highest BCUT2D eigenvalue weighted by Crippen LogP contribution is 2.60. The Kier molecular flexibility index (Phi) is 4.90. The summed E-state index contributed by atoms with van der Waals surface area (Å²) >= 11 is 0. The SMILES string of the molecule is O=c1n(-c2ccccc2)c(=O)n2n1[C@@H]1C3=C[C@]24C=C[C@@]25C=C(OCCCCCO3)[C@@H](c3ccc1c4c32)n1c(=O)n(-c2ccccc2)c(=O)n15. The average Bonchev–Trinajstić information content (AvgIpc) is 3.56. The largest absolute Gasteiger partial charge is 0.495 e. The van der Waals surface area contributed by atoms with Crippen LogP contribution in [0.4, 0.5) is 0 Å². The first-order valence-electron chi connectivity index (χ1n) is 16.6. The van der Waals surface area contributed by atoms with Crippen LogP contribution in [0, 0.1) is 0 Å². The predicted molar refractivity (Wildman–Crippen MR) is 177 cm³/mol. The Balaban J connectivity index is 1.27. The number of benzene rings is 3. The molecule has 8 heterocycles. The van der Waals surface area contributed by atoms with E-state index in [2.05, 4.69) is 0 Å². The molecule has 242 valence electrons. The van der Waals surface area contributed by atoms with Gasteiger partial charge in [0.05, 0.1) is 24.6 Å². The molecule has 14 rings (SSSR count). The predicted octanol–water partition coefficient (Wildman–Crippen LogP) is 2.79. The van der Waals surface area contributed by atoms with Gasteiger partial charge in [-0.05, 0) is 79.0 Å². The highest BCUT2D eigenvalue weighted by Gasteiger charge is 2.61. The second kappa shape index (κ2) is 8.90. The summed E-state index contributed by atoms with van der Waals surface area (Å²) in [6, 6.07) is 20.4. The Morgan fingerprint density at radius 2 is 0.959 bits per heavy atom. The fourth-order valence-electron chi connectivity index (χ4n) is 9.13. The van der Waals surface area contributed by atoms with E-state index in [-0.39, 0.29) is 0 Å². The van der Waals surface area contributed by atoms with Crippen molar-refractivity contribution >= 4 is 0 Å². The van der Waals surface area contributed by atoms with E-state index in [0.717, 1.165) is 41.5 Å². The van der Waals surface area contributed by atoms with Crippen LogP contribution in [0.25, 0.3) is 11.4 Å². The maximum absolute atomic E-state index is 14.5. The number of ether oxygens (including phenoxy) is 2. The van der Waals surface area contributed by atoms with Gasteiger partial charge < -0.3 is 9.47 Å². The average molecular weight is 653 g/mol. The van der Waals surface area contributed by atoms with Crippen LogP contribution in [0.5, 0.6) is 0 Å². The molecule has 2 aromatic heterocycles. The van der Waals surface area contributed by atoms with Crippen LogP contribution in [0.2, 0.25) is 0 Å². The standard InChI is InChI=1S/C37H28N6O6/c44-32-38(22-10-4-1-5-11-22)34(46)42-36-16-17-37-21-27-31(41-33(45)39(35(47)43(37)41)23-12-6-2-7-13-23)25-15-14-24(28(36)29(25)37)30(40(32)42)26(20-36)48-18-8-3-9-19-49-27/h1-2,4-7,10-17,20-21,30-31H,3,8-9,18-19H2/t30-,31+,36-,37+. The van der Waals surface area contributed by atoms with E-state index in [0.29, 0.717) is 36.1 Å². The molecule has 0 radical (unpaired) electrons. The van der Waals surface area contributed by atoms with Crippen molar-refractivity contribution in [3.05, 3.63) is 173 Å². The van der Waals surface area contributed by atoms with Crippen molar-refractivity contribution in [1.82, 2.24) is 27.9 Å². The molecule has 0 fully saturated rings. The Hall–Kier alpha value is -6.04. The molecule has 6 aliphatic heterocycles. The topological polar surface area (TPSA) is 116 Å². The number of allylic oxidation sites excluding steroid dienone is 6. The summed E-state index contributed by atoms with van der Waals surface area (Å²) in [7, 11) is 0.